The van der Waals surface area contributed by atoms with Crippen molar-refractivity contribution < 1.29 is 36.2 Å². The molecule has 0 radical (unpaired) electrons. The smallest absolute Gasteiger partial charge is 0.480 e. The van der Waals surface area contributed by atoms with Crippen molar-refractivity contribution in [1.82, 2.24) is 0 Å². The Morgan fingerprint density at radius 2 is 1.90 bits per heavy atom. The van der Waals surface area contributed by atoms with E-state index < -0.39 is 39.0 Å². The monoisotopic (exact) mass is 313 g/mol. The number of hydrogen-bond donors (Lipinski definition) is 2. The molecule has 1 aromatic carbocycles. The number of alkyl halides is 3. The van der Waals surface area contributed by atoms with Gasteiger partial charge in [0.2, 0.25) is 10.0 Å². The van der Waals surface area contributed by atoms with Crippen LogP contribution in [0, 0.1) is 0 Å². The van der Waals surface area contributed by atoms with E-state index in [1.807, 2.05) is 0 Å². The third-order valence-electron chi connectivity index (χ3n) is 2.18. The molecule has 1 unspecified atom stereocenters. The van der Waals surface area contributed by atoms with Crippen molar-refractivity contribution >= 4 is 21.7 Å². The molecule has 1 atom stereocenters. The molecule has 0 spiro atoms. The predicted octanol–water partition coefficient (Wildman–Crippen LogP) is 1.80. The molecule has 20 heavy (non-hydrogen) atoms. The van der Waals surface area contributed by atoms with E-state index in [0.717, 1.165) is 19.1 Å². The standard InChI is InChI=1S/C10H10F3NO5S/c1-6(9(15)16)20(17,18)14-7-4-2-3-5-8(7)19-10(11,12)13/h2-6,14H,1H3,(H,15,16). The largest absolute Gasteiger partial charge is 0.573 e. The fourth-order valence-electron chi connectivity index (χ4n) is 1.14. The van der Waals surface area contributed by atoms with Gasteiger partial charge in [-0.15, -0.1) is 13.2 Å². The van der Waals surface area contributed by atoms with Gasteiger partial charge in [0.25, 0.3) is 0 Å². The predicted molar refractivity (Wildman–Crippen MR) is 62.8 cm³/mol. The highest BCUT2D eigenvalue weighted by Gasteiger charge is 2.33. The van der Waals surface area contributed by atoms with Crippen LogP contribution in [0.1, 0.15) is 6.92 Å². The fraction of sp³-hybridized carbons (Fsp3) is 0.300. The zero-order valence-electron chi connectivity index (χ0n) is 10.0. The minimum Gasteiger partial charge on any atom is -0.480 e. The molecule has 0 heterocycles. The minimum absolute atomic E-state index is 0.502. The van der Waals surface area contributed by atoms with Crippen molar-refractivity contribution in [3.05, 3.63) is 24.3 Å². The van der Waals surface area contributed by atoms with E-state index in [1.165, 1.54) is 12.1 Å². The number of anilines is 1. The van der Waals surface area contributed by atoms with Crippen LogP contribution in [0.2, 0.25) is 0 Å². The lowest BCUT2D eigenvalue weighted by molar-refractivity contribution is -0.274. The van der Waals surface area contributed by atoms with Crippen LogP contribution >= 0.6 is 0 Å². The van der Waals surface area contributed by atoms with Crippen molar-refractivity contribution in [1.29, 1.82) is 0 Å². The van der Waals surface area contributed by atoms with Crippen molar-refractivity contribution in [3.63, 3.8) is 0 Å². The Morgan fingerprint density at radius 1 is 1.35 bits per heavy atom. The number of hydrogen-bond acceptors (Lipinski definition) is 4. The summed E-state index contributed by atoms with van der Waals surface area (Å²) in [6, 6.07) is 4.40. The molecule has 10 heteroatoms. The third kappa shape index (κ3) is 4.30. The first-order valence-corrected chi connectivity index (χ1v) is 6.67. The minimum atomic E-state index is -5.00. The molecular formula is C10H10F3NO5S. The van der Waals surface area contributed by atoms with Crippen molar-refractivity contribution in [2.45, 2.75) is 18.5 Å². The van der Waals surface area contributed by atoms with Gasteiger partial charge in [-0.1, -0.05) is 12.1 Å². The van der Waals surface area contributed by atoms with Crippen LogP contribution in [0.15, 0.2) is 24.3 Å². The second kappa shape index (κ2) is 5.57. The number of carboxylic acid groups (broad SMARTS) is 1. The van der Waals surface area contributed by atoms with E-state index in [4.69, 9.17) is 5.11 Å². The Bertz CT molecular complexity index is 599. The number of carboxylic acids is 1. The maximum absolute atomic E-state index is 12.1. The first kappa shape index (κ1) is 16.1. The zero-order valence-corrected chi connectivity index (χ0v) is 10.8. The lowest BCUT2D eigenvalue weighted by Gasteiger charge is -2.16. The molecule has 6 nitrogen and oxygen atoms in total. The normalized spacial score (nSPS) is 13.6. The van der Waals surface area contributed by atoms with E-state index in [-0.39, 0.29) is 0 Å². The van der Waals surface area contributed by atoms with Crippen LogP contribution in [0.25, 0.3) is 0 Å². The summed E-state index contributed by atoms with van der Waals surface area (Å²) in [5.74, 6) is -2.41. The van der Waals surface area contributed by atoms with Gasteiger partial charge in [-0.05, 0) is 19.1 Å². The average molecular weight is 313 g/mol. The molecule has 1 aromatic rings. The molecule has 2 N–H and O–H groups in total. The molecule has 0 aromatic heterocycles. The topological polar surface area (TPSA) is 92.7 Å². The summed E-state index contributed by atoms with van der Waals surface area (Å²) in [6.45, 7) is 0.887. The van der Waals surface area contributed by atoms with Crippen LogP contribution < -0.4 is 9.46 Å². The lowest BCUT2D eigenvalue weighted by Crippen LogP contribution is -2.32. The van der Waals surface area contributed by atoms with Gasteiger partial charge in [0.15, 0.2) is 11.0 Å². The zero-order chi connectivity index (χ0) is 15.6. The summed E-state index contributed by atoms with van der Waals surface area (Å²) in [5, 5.41) is 6.79. The molecule has 0 amide bonds. The highest BCUT2D eigenvalue weighted by Crippen LogP contribution is 2.30. The Hall–Kier alpha value is -1.97. The van der Waals surface area contributed by atoms with E-state index in [1.54, 1.807) is 4.72 Å². The van der Waals surface area contributed by atoms with Crippen molar-refractivity contribution in [2.24, 2.45) is 0 Å². The van der Waals surface area contributed by atoms with Crippen molar-refractivity contribution in [3.8, 4) is 5.75 Å². The Morgan fingerprint density at radius 3 is 2.40 bits per heavy atom. The second-order valence-corrected chi connectivity index (χ2v) is 5.67. The summed E-state index contributed by atoms with van der Waals surface area (Å²) in [5.41, 5.74) is -0.502. The van der Waals surface area contributed by atoms with Crippen LogP contribution in [0.3, 0.4) is 0 Å². The van der Waals surface area contributed by atoms with Gasteiger partial charge in [-0.25, -0.2) is 8.42 Å². The van der Waals surface area contributed by atoms with Gasteiger partial charge in [0, 0.05) is 0 Å². The third-order valence-corrected chi connectivity index (χ3v) is 3.82. The molecular weight excluding hydrogens is 303 g/mol. The number of benzene rings is 1. The molecule has 0 fully saturated rings. The molecule has 0 aliphatic heterocycles. The van der Waals surface area contributed by atoms with E-state index in [9.17, 15) is 26.4 Å². The quantitative estimate of drug-likeness (QED) is 0.864. The second-order valence-electron chi connectivity index (χ2n) is 3.67. The first-order chi connectivity index (χ1) is 9.03. The molecule has 112 valence electrons. The number of carbonyl (C=O) groups is 1. The van der Waals surface area contributed by atoms with Gasteiger partial charge in [-0.2, -0.15) is 0 Å². The Kier molecular flexibility index (Phi) is 4.48. The summed E-state index contributed by atoms with van der Waals surface area (Å²) < 4.78 is 65.1. The lowest BCUT2D eigenvalue weighted by atomic mass is 10.3. The Balaban J connectivity index is 3.07. The number of rotatable bonds is 5. The summed E-state index contributed by atoms with van der Waals surface area (Å²) in [7, 11) is -4.39. The fourth-order valence-corrected chi connectivity index (χ4v) is 2.06. The number of halogens is 3. The summed E-state index contributed by atoms with van der Waals surface area (Å²) in [6.07, 6.45) is -5.00. The molecule has 1 rings (SSSR count). The molecule has 0 aliphatic carbocycles. The summed E-state index contributed by atoms with van der Waals surface area (Å²) >= 11 is 0. The number of sulfonamides is 1. The molecule has 0 saturated carbocycles. The van der Waals surface area contributed by atoms with Crippen LogP contribution in [0.4, 0.5) is 18.9 Å². The van der Waals surface area contributed by atoms with Crippen LogP contribution in [-0.2, 0) is 14.8 Å². The van der Waals surface area contributed by atoms with Crippen molar-refractivity contribution in [2.75, 3.05) is 4.72 Å². The number of nitrogens with one attached hydrogen (secondary N) is 1. The Labute approximate surface area is 112 Å². The first-order valence-electron chi connectivity index (χ1n) is 5.12. The summed E-state index contributed by atoms with van der Waals surface area (Å²) in [4.78, 5) is 10.6. The number of aliphatic carboxylic acids is 1. The maximum atomic E-state index is 12.1. The SMILES string of the molecule is CC(C(=O)O)S(=O)(=O)Nc1ccccc1OC(F)(F)F. The van der Waals surface area contributed by atoms with Gasteiger partial charge in [-0.3, -0.25) is 9.52 Å². The molecule has 0 saturated heterocycles. The highest BCUT2D eigenvalue weighted by atomic mass is 32.2. The van der Waals surface area contributed by atoms with Gasteiger partial charge in [0.1, 0.15) is 0 Å². The molecule has 0 aliphatic rings. The van der Waals surface area contributed by atoms with E-state index in [2.05, 4.69) is 4.74 Å². The van der Waals surface area contributed by atoms with Crippen LogP contribution in [0.5, 0.6) is 5.75 Å². The average Bonchev–Trinajstić information content (AvgIpc) is 2.28. The van der Waals surface area contributed by atoms with Gasteiger partial charge < -0.3 is 9.84 Å². The number of ether oxygens (including phenoxy) is 1. The highest BCUT2D eigenvalue weighted by molar-refractivity contribution is 7.94. The van der Waals surface area contributed by atoms with E-state index >= 15 is 0 Å². The van der Waals surface area contributed by atoms with Crippen LogP contribution in [-0.4, -0.2) is 31.1 Å². The number of para-hydroxylation sites is 2. The van der Waals surface area contributed by atoms with Gasteiger partial charge in [0.05, 0.1) is 5.69 Å². The maximum Gasteiger partial charge on any atom is 0.573 e. The van der Waals surface area contributed by atoms with Gasteiger partial charge >= 0.3 is 12.3 Å². The van der Waals surface area contributed by atoms with E-state index in [0.29, 0.717) is 0 Å². The molecule has 0 bridgehead atoms.